The molecule has 0 aromatic rings. The summed E-state index contributed by atoms with van der Waals surface area (Å²) < 4.78 is 22.6. The first-order valence-corrected chi connectivity index (χ1v) is 23.8. The van der Waals surface area contributed by atoms with E-state index in [1.165, 1.54) is 141 Å². The quantitative estimate of drug-likeness (QED) is 0.0197. The van der Waals surface area contributed by atoms with E-state index in [1.807, 2.05) is 21.1 Å². The molecule has 0 fully saturated rings. The van der Waals surface area contributed by atoms with Crippen molar-refractivity contribution in [1.29, 1.82) is 0 Å². The van der Waals surface area contributed by atoms with Crippen LogP contribution in [-0.2, 0) is 33.3 Å². The van der Waals surface area contributed by atoms with Crippen molar-refractivity contribution in [3.05, 3.63) is 12.2 Å². The standard InChI is InChI=1S/C48H91NO8/c1-6-8-10-12-14-16-18-20-22-23-25-27-29-31-33-35-37-39-46(51)57-44(43-56-48(47(52)53)54-41-40-49(3,4)5)42-55-45(50)38-36-34-32-30-28-26-24-21-19-17-15-13-11-9-7-2/h20,22,44,48H,6-19,21,23-43H2,1-5H3/b22-20-. The maximum atomic E-state index is 12.8. The van der Waals surface area contributed by atoms with Crippen molar-refractivity contribution in [2.75, 3.05) is 47.5 Å². The zero-order chi connectivity index (χ0) is 42.1. The molecular formula is C48H91NO8. The normalized spacial score (nSPS) is 12.9. The van der Waals surface area contributed by atoms with Crippen molar-refractivity contribution in [3.8, 4) is 0 Å². The van der Waals surface area contributed by atoms with E-state index in [0.29, 0.717) is 23.9 Å². The summed E-state index contributed by atoms with van der Waals surface area (Å²) in [6.07, 6.45) is 39.5. The Kier molecular flexibility index (Phi) is 39.4. The highest BCUT2D eigenvalue weighted by Gasteiger charge is 2.21. The molecule has 57 heavy (non-hydrogen) atoms. The Labute approximate surface area is 351 Å². The number of esters is 2. The van der Waals surface area contributed by atoms with E-state index in [-0.39, 0.29) is 32.2 Å². The number of allylic oxidation sites excluding steroid dienone is 2. The first-order chi connectivity index (χ1) is 27.6. The monoisotopic (exact) mass is 810 g/mol. The minimum atomic E-state index is -1.62. The number of rotatable bonds is 44. The number of unbranched alkanes of at least 4 members (excludes halogenated alkanes) is 27. The second kappa shape index (κ2) is 40.8. The van der Waals surface area contributed by atoms with Crippen LogP contribution in [0, 0.1) is 0 Å². The molecule has 0 N–H and O–H groups in total. The van der Waals surface area contributed by atoms with Crippen LogP contribution >= 0.6 is 0 Å². The molecule has 0 aliphatic heterocycles. The Morgan fingerprint density at radius 1 is 0.509 bits per heavy atom. The third kappa shape index (κ3) is 42.0. The summed E-state index contributed by atoms with van der Waals surface area (Å²) in [4.78, 5) is 37.0. The first kappa shape index (κ1) is 55.0. The van der Waals surface area contributed by atoms with E-state index in [2.05, 4.69) is 26.0 Å². The third-order valence-electron chi connectivity index (χ3n) is 10.5. The average Bonchev–Trinajstić information content (AvgIpc) is 3.17. The summed E-state index contributed by atoms with van der Waals surface area (Å²) in [6, 6.07) is 0. The van der Waals surface area contributed by atoms with Crippen molar-refractivity contribution in [2.45, 2.75) is 232 Å². The van der Waals surface area contributed by atoms with Crippen molar-refractivity contribution >= 4 is 17.9 Å². The number of aliphatic carboxylic acids is 1. The Hall–Kier alpha value is -1.97. The van der Waals surface area contributed by atoms with Gasteiger partial charge in [0.1, 0.15) is 13.2 Å². The van der Waals surface area contributed by atoms with Gasteiger partial charge >= 0.3 is 11.9 Å². The van der Waals surface area contributed by atoms with Crippen LogP contribution in [0.2, 0.25) is 0 Å². The number of hydrogen-bond donors (Lipinski definition) is 0. The smallest absolute Gasteiger partial charge is 0.306 e. The number of carboxylic acids is 1. The Morgan fingerprint density at radius 2 is 0.895 bits per heavy atom. The second-order valence-corrected chi connectivity index (χ2v) is 17.4. The maximum Gasteiger partial charge on any atom is 0.306 e. The predicted octanol–water partition coefficient (Wildman–Crippen LogP) is 11.3. The molecule has 9 heteroatoms. The van der Waals surface area contributed by atoms with Gasteiger partial charge in [-0.3, -0.25) is 9.59 Å². The molecule has 0 aliphatic carbocycles. The van der Waals surface area contributed by atoms with Gasteiger partial charge in [0.25, 0.3) is 0 Å². The zero-order valence-corrected chi connectivity index (χ0v) is 38.0. The topological polar surface area (TPSA) is 111 Å². The molecule has 0 aromatic carbocycles. The molecule has 0 radical (unpaired) electrons. The van der Waals surface area contributed by atoms with Crippen molar-refractivity contribution < 1.29 is 42.9 Å². The van der Waals surface area contributed by atoms with Crippen molar-refractivity contribution in [3.63, 3.8) is 0 Å². The number of nitrogens with zero attached hydrogens (tertiary/aromatic N) is 1. The van der Waals surface area contributed by atoms with Gasteiger partial charge in [0.05, 0.1) is 40.3 Å². The predicted molar refractivity (Wildman–Crippen MR) is 233 cm³/mol. The second-order valence-electron chi connectivity index (χ2n) is 17.4. The molecule has 0 heterocycles. The van der Waals surface area contributed by atoms with E-state index < -0.39 is 24.3 Å². The number of carbonyl (C=O) groups is 3. The third-order valence-corrected chi connectivity index (χ3v) is 10.5. The lowest BCUT2D eigenvalue weighted by molar-refractivity contribution is -0.870. The van der Waals surface area contributed by atoms with Gasteiger partial charge in [-0.1, -0.05) is 180 Å². The minimum absolute atomic E-state index is 0.150. The number of ether oxygens (including phenoxy) is 4. The van der Waals surface area contributed by atoms with Crippen LogP contribution in [0.3, 0.4) is 0 Å². The molecule has 0 bridgehead atoms. The minimum Gasteiger partial charge on any atom is -0.545 e. The van der Waals surface area contributed by atoms with Crippen LogP contribution < -0.4 is 5.11 Å². The molecule has 9 nitrogen and oxygen atoms in total. The van der Waals surface area contributed by atoms with Gasteiger partial charge in [-0.15, -0.1) is 0 Å². The molecule has 0 spiro atoms. The Morgan fingerprint density at radius 3 is 1.30 bits per heavy atom. The fourth-order valence-electron chi connectivity index (χ4n) is 6.77. The fourth-order valence-corrected chi connectivity index (χ4v) is 6.77. The maximum absolute atomic E-state index is 12.8. The molecule has 2 atom stereocenters. The van der Waals surface area contributed by atoms with E-state index in [0.717, 1.165) is 44.9 Å². The van der Waals surface area contributed by atoms with Gasteiger partial charge in [-0.2, -0.15) is 0 Å². The number of quaternary nitrogens is 1. The molecule has 0 aromatic heterocycles. The molecule has 0 aliphatic rings. The molecule has 336 valence electrons. The lowest BCUT2D eigenvalue weighted by Crippen LogP contribution is -2.44. The lowest BCUT2D eigenvalue weighted by atomic mass is 10.0. The Bertz CT molecular complexity index is 949. The number of likely N-dealkylation sites (N-methyl/N-ethyl adjacent to an activating group) is 1. The van der Waals surface area contributed by atoms with Gasteiger partial charge < -0.3 is 33.3 Å². The van der Waals surface area contributed by atoms with E-state index in [1.54, 1.807) is 0 Å². The van der Waals surface area contributed by atoms with Gasteiger partial charge in [0.2, 0.25) is 0 Å². The highest BCUT2D eigenvalue weighted by Crippen LogP contribution is 2.15. The van der Waals surface area contributed by atoms with Gasteiger partial charge in [0, 0.05) is 12.8 Å². The summed E-state index contributed by atoms with van der Waals surface area (Å²) in [7, 11) is 5.91. The lowest BCUT2D eigenvalue weighted by Gasteiger charge is -2.26. The number of hydrogen-bond acceptors (Lipinski definition) is 8. The fraction of sp³-hybridized carbons (Fsp3) is 0.896. The summed E-state index contributed by atoms with van der Waals surface area (Å²) in [5.74, 6) is -2.28. The molecule has 2 unspecified atom stereocenters. The molecular weight excluding hydrogens is 719 g/mol. The molecule has 0 rings (SSSR count). The first-order valence-electron chi connectivity index (χ1n) is 23.8. The summed E-state index contributed by atoms with van der Waals surface area (Å²) in [5.41, 5.74) is 0. The van der Waals surface area contributed by atoms with Crippen LogP contribution in [0.4, 0.5) is 0 Å². The highest BCUT2D eigenvalue weighted by atomic mass is 16.7. The van der Waals surface area contributed by atoms with Crippen LogP contribution in [0.15, 0.2) is 12.2 Å². The van der Waals surface area contributed by atoms with Crippen LogP contribution in [0.1, 0.15) is 219 Å². The number of carbonyl (C=O) groups excluding carboxylic acids is 3. The summed E-state index contributed by atoms with van der Waals surface area (Å²) in [6.45, 7) is 4.76. The molecule has 0 amide bonds. The van der Waals surface area contributed by atoms with Crippen molar-refractivity contribution in [1.82, 2.24) is 0 Å². The van der Waals surface area contributed by atoms with Crippen molar-refractivity contribution in [2.24, 2.45) is 0 Å². The van der Waals surface area contributed by atoms with E-state index in [4.69, 9.17) is 18.9 Å². The van der Waals surface area contributed by atoms with Crippen LogP contribution in [0.5, 0.6) is 0 Å². The van der Waals surface area contributed by atoms with E-state index >= 15 is 0 Å². The molecule has 0 saturated heterocycles. The molecule has 0 saturated carbocycles. The average molecular weight is 810 g/mol. The van der Waals surface area contributed by atoms with Crippen LogP contribution in [-0.4, -0.2) is 82.3 Å². The summed E-state index contributed by atoms with van der Waals surface area (Å²) >= 11 is 0. The van der Waals surface area contributed by atoms with Gasteiger partial charge in [-0.25, -0.2) is 0 Å². The van der Waals surface area contributed by atoms with Crippen LogP contribution in [0.25, 0.3) is 0 Å². The van der Waals surface area contributed by atoms with Gasteiger partial charge in [-0.05, 0) is 38.5 Å². The highest BCUT2D eigenvalue weighted by molar-refractivity contribution is 5.70. The zero-order valence-electron chi connectivity index (χ0n) is 38.0. The van der Waals surface area contributed by atoms with E-state index in [9.17, 15) is 19.5 Å². The number of carboxylic acid groups (broad SMARTS) is 1. The largest absolute Gasteiger partial charge is 0.545 e. The van der Waals surface area contributed by atoms with Gasteiger partial charge in [0.15, 0.2) is 12.4 Å². The summed E-state index contributed by atoms with van der Waals surface area (Å²) in [5, 5.41) is 11.7. The SMILES string of the molecule is CCCCCCCC/C=C\CCCCCCCCCC(=O)OC(COC(=O)CCCCCCCCCCCCCCCCC)COC(OCC[N+](C)(C)C)C(=O)[O-]. The Balaban J connectivity index is 4.38.